The molecule has 79 heavy (non-hydrogen) atoms. The molecule has 0 unspecified atom stereocenters. The van der Waals surface area contributed by atoms with Crippen LogP contribution in [0.3, 0.4) is 0 Å². The van der Waals surface area contributed by atoms with Crippen LogP contribution in [0.2, 0.25) is 0 Å². The normalized spacial score (nSPS) is 14.7. The van der Waals surface area contributed by atoms with Gasteiger partial charge in [0, 0.05) is 19.3 Å². The van der Waals surface area contributed by atoms with Crippen molar-refractivity contribution >= 4 is 47.3 Å². The number of phenols is 2. The number of hydrogen-bond acceptors (Lipinski definition) is 13. The van der Waals surface area contributed by atoms with Gasteiger partial charge in [-0.1, -0.05) is 147 Å². The number of benzene rings is 3. The first-order valence-electron chi connectivity index (χ1n) is 27.4. The third kappa shape index (κ3) is 24.2. The van der Waals surface area contributed by atoms with Crippen LogP contribution in [-0.2, 0) is 57.6 Å². The van der Waals surface area contributed by atoms with Gasteiger partial charge < -0.3 is 67.9 Å². The standard InChI is InChI=1S/C58H85N7O14/c1-7-8-9-10-11-12-13-14-18-21-43(70)33-48(71)59-44(31-39-22-26-41(68)27-23-39)52(72)62-47(34-66)55(75)61-45(32-40-24-28-42(69)29-25-40)53(73)60-46(30-38-19-16-15-17-20-38)54(74)65-51(37(6)67)57(77)63-49(35(2)3)56(76)64-50(36(4)5)58(78)79/h15-17,19-20,22-29,35-37,43-47,49-51,66-70H,7-14,18,21,30-34H2,1-6H3,(H,59,71)(H,60,73)(H,61,75)(H,62,72)(H,63,77)(H,64,76)(H,65,74)(H,78,79)/t37-,43-,44-,45+,46-,47-,49-,50-,51+/m0/s1. The van der Waals surface area contributed by atoms with Crippen molar-refractivity contribution in [3.05, 3.63) is 95.6 Å². The van der Waals surface area contributed by atoms with Gasteiger partial charge in [0.2, 0.25) is 41.4 Å². The Labute approximate surface area is 463 Å². The van der Waals surface area contributed by atoms with Gasteiger partial charge in [-0.15, -0.1) is 0 Å². The molecule has 0 aliphatic carbocycles. The number of phenolic OH excluding ortho intramolecular Hbond substituents is 2. The zero-order valence-corrected chi connectivity index (χ0v) is 46.4. The monoisotopic (exact) mass is 1100 g/mol. The van der Waals surface area contributed by atoms with E-state index in [1.807, 2.05) is 0 Å². The Bertz CT molecular complexity index is 2390. The van der Waals surface area contributed by atoms with Gasteiger partial charge in [-0.25, -0.2) is 4.79 Å². The Morgan fingerprint density at radius 1 is 0.443 bits per heavy atom. The number of amides is 7. The highest BCUT2D eigenvalue weighted by Crippen LogP contribution is 2.17. The molecule has 3 aromatic rings. The SMILES string of the molecule is CCCCCCCCCCC[C@H](O)CC(=O)N[C@@H](Cc1ccc(O)cc1)C(=O)N[C@@H](CO)C(=O)N[C@H](Cc1ccc(O)cc1)C(=O)N[C@@H](Cc1ccccc1)C(=O)N[C@@H](C(=O)N[C@H](C(=O)N[C@H](C(=O)O)C(C)C)C(C)C)[C@H](C)O. The molecule has 0 aromatic heterocycles. The number of hydrogen-bond donors (Lipinski definition) is 13. The lowest BCUT2D eigenvalue weighted by atomic mass is 9.99. The fourth-order valence-corrected chi connectivity index (χ4v) is 8.68. The summed E-state index contributed by atoms with van der Waals surface area (Å²) in [5.41, 5.74) is 1.47. The molecule has 0 radical (unpaired) electrons. The van der Waals surface area contributed by atoms with E-state index in [4.69, 9.17) is 0 Å². The zero-order valence-electron chi connectivity index (χ0n) is 46.4. The first-order valence-corrected chi connectivity index (χ1v) is 27.4. The quantitative estimate of drug-likeness (QED) is 0.0373. The molecule has 436 valence electrons. The van der Waals surface area contributed by atoms with Crippen LogP contribution in [0.25, 0.3) is 0 Å². The van der Waals surface area contributed by atoms with Crippen LogP contribution in [0.4, 0.5) is 0 Å². The predicted molar refractivity (Wildman–Crippen MR) is 296 cm³/mol. The number of carboxylic acids is 1. The number of nitrogens with one attached hydrogen (secondary N) is 7. The van der Waals surface area contributed by atoms with Crippen LogP contribution in [0.1, 0.15) is 129 Å². The van der Waals surface area contributed by atoms with Crippen molar-refractivity contribution in [1.82, 2.24) is 37.2 Å². The second-order valence-corrected chi connectivity index (χ2v) is 20.9. The summed E-state index contributed by atoms with van der Waals surface area (Å²) in [5.74, 6) is -8.87. The lowest BCUT2D eigenvalue weighted by molar-refractivity contribution is -0.144. The summed E-state index contributed by atoms with van der Waals surface area (Å²) in [6, 6.07) is 9.51. The molecular weight excluding hydrogens is 1020 g/mol. The van der Waals surface area contributed by atoms with Crippen molar-refractivity contribution in [2.75, 3.05) is 6.61 Å². The van der Waals surface area contributed by atoms with Gasteiger partial charge in [0.15, 0.2) is 0 Å². The second kappa shape index (κ2) is 34.7. The molecule has 3 aromatic carbocycles. The summed E-state index contributed by atoms with van der Waals surface area (Å²) in [6.07, 6.45) is 6.64. The van der Waals surface area contributed by atoms with Gasteiger partial charge in [0.25, 0.3) is 0 Å². The van der Waals surface area contributed by atoms with Crippen molar-refractivity contribution in [2.45, 2.75) is 186 Å². The summed E-state index contributed by atoms with van der Waals surface area (Å²) in [5, 5.41) is 79.4. The average Bonchev–Trinajstić information content (AvgIpc) is 3.40. The molecule has 21 nitrogen and oxygen atoms in total. The smallest absolute Gasteiger partial charge is 0.326 e. The number of carboxylic acid groups (broad SMARTS) is 1. The lowest BCUT2D eigenvalue weighted by Gasteiger charge is -2.29. The summed E-state index contributed by atoms with van der Waals surface area (Å²) in [4.78, 5) is 109. The van der Waals surface area contributed by atoms with Crippen molar-refractivity contribution in [2.24, 2.45) is 11.8 Å². The Balaban J connectivity index is 1.86. The molecule has 0 saturated heterocycles. The van der Waals surface area contributed by atoms with Crippen molar-refractivity contribution in [3.63, 3.8) is 0 Å². The number of aliphatic hydroxyl groups is 3. The summed E-state index contributed by atoms with van der Waals surface area (Å²) < 4.78 is 0. The van der Waals surface area contributed by atoms with Crippen molar-refractivity contribution in [1.29, 1.82) is 0 Å². The van der Waals surface area contributed by atoms with Crippen molar-refractivity contribution < 1.29 is 69.0 Å². The molecule has 0 heterocycles. The van der Waals surface area contributed by atoms with E-state index in [1.165, 1.54) is 81.1 Å². The molecule has 0 saturated carbocycles. The number of carbonyl (C=O) groups excluding carboxylic acids is 7. The molecule has 0 aliphatic heterocycles. The highest BCUT2D eigenvalue weighted by atomic mass is 16.4. The predicted octanol–water partition coefficient (Wildman–Crippen LogP) is 2.96. The van der Waals surface area contributed by atoms with E-state index in [0.29, 0.717) is 29.5 Å². The van der Waals surface area contributed by atoms with E-state index in [9.17, 15) is 69.0 Å². The fraction of sp³-hybridized carbons (Fsp3) is 0.552. The van der Waals surface area contributed by atoms with Crippen LogP contribution in [-0.4, -0.2) is 139 Å². The fourth-order valence-electron chi connectivity index (χ4n) is 8.68. The van der Waals surface area contributed by atoms with Gasteiger partial charge in [-0.3, -0.25) is 33.6 Å². The second-order valence-electron chi connectivity index (χ2n) is 20.9. The van der Waals surface area contributed by atoms with E-state index < -0.39 is 120 Å². The van der Waals surface area contributed by atoms with Crippen LogP contribution in [0, 0.1) is 11.8 Å². The minimum absolute atomic E-state index is 0.0470. The van der Waals surface area contributed by atoms with Crippen molar-refractivity contribution in [3.8, 4) is 11.5 Å². The lowest BCUT2D eigenvalue weighted by Crippen LogP contribution is -2.63. The number of aliphatic hydroxyl groups excluding tert-OH is 3. The summed E-state index contributed by atoms with van der Waals surface area (Å²) in [7, 11) is 0. The maximum Gasteiger partial charge on any atom is 0.326 e. The van der Waals surface area contributed by atoms with Crippen LogP contribution < -0.4 is 37.2 Å². The molecule has 9 atom stereocenters. The molecule has 13 N–H and O–H groups in total. The Hall–Kier alpha value is -7.10. The third-order valence-electron chi connectivity index (χ3n) is 13.4. The van der Waals surface area contributed by atoms with E-state index in [1.54, 1.807) is 58.0 Å². The number of aromatic hydroxyl groups is 2. The maximum atomic E-state index is 14.5. The van der Waals surface area contributed by atoms with Gasteiger partial charge in [-0.2, -0.15) is 0 Å². The number of unbranched alkanes of at least 4 members (excludes halogenated alkanes) is 8. The number of rotatable bonds is 36. The molecule has 3 rings (SSSR count). The number of carbonyl (C=O) groups is 8. The van der Waals surface area contributed by atoms with Gasteiger partial charge in [-0.05, 0) is 66.1 Å². The first-order chi connectivity index (χ1) is 37.5. The van der Waals surface area contributed by atoms with Gasteiger partial charge in [0.1, 0.15) is 53.8 Å². The average molecular weight is 1100 g/mol. The van der Waals surface area contributed by atoms with E-state index in [0.717, 1.165) is 25.7 Å². The van der Waals surface area contributed by atoms with Gasteiger partial charge >= 0.3 is 5.97 Å². The highest BCUT2D eigenvalue weighted by Gasteiger charge is 2.37. The van der Waals surface area contributed by atoms with Gasteiger partial charge in [0.05, 0.1) is 25.2 Å². The molecule has 7 amide bonds. The van der Waals surface area contributed by atoms with Crippen LogP contribution in [0.5, 0.6) is 11.5 Å². The zero-order chi connectivity index (χ0) is 58.6. The largest absolute Gasteiger partial charge is 0.508 e. The van der Waals surface area contributed by atoms with E-state index in [2.05, 4.69) is 44.1 Å². The minimum Gasteiger partial charge on any atom is -0.508 e. The number of aliphatic carboxylic acids is 1. The molecule has 0 spiro atoms. The van der Waals surface area contributed by atoms with Crippen LogP contribution >= 0.6 is 0 Å². The Kier molecular flexibility index (Phi) is 29.1. The first kappa shape index (κ1) is 66.2. The maximum absolute atomic E-state index is 14.5. The molecule has 0 fully saturated rings. The molecule has 21 heteroatoms. The minimum atomic E-state index is -1.72. The highest BCUT2D eigenvalue weighted by molar-refractivity contribution is 5.98. The Morgan fingerprint density at radius 3 is 1.27 bits per heavy atom. The Morgan fingerprint density at radius 2 is 0.823 bits per heavy atom. The van der Waals surface area contributed by atoms with E-state index in [-0.39, 0.29) is 37.2 Å². The van der Waals surface area contributed by atoms with Crippen LogP contribution in [0.15, 0.2) is 78.9 Å². The summed E-state index contributed by atoms with van der Waals surface area (Å²) >= 11 is 0. The topological polar surface area (TPSA) is 342 Å². The molecular formula is C58H85N7O14. The molecule has 0 bridgehead atoms. The molecule has 0 aliphatic rings. The summed E-state index contributed by atoms with van der Waals surface area (Å²) in [6.45, 7) is 8.80. The van der Waals surface area contributed by atoms with E-state index >= 15 is 0 Å². The third-order valence-corrected chi connectivity index (χ3v) is 13.4.